The van der Waals surface area contributed by atoms with Crippen LogP contribution in [-0.2, 0) is 4.79 Å². The number of nitrogens with zero attached hydrogens (tertiary/aromatic N) is 1. The van der Waals surface area contributed by atoms with Gasteiger partial charge in [0.2, 0.25) is 5.91 Å². The van der Waals surface area contributed by atoms with Gasteiger partial charge in [-0.25, -0.2) is 0 Å². The molecule has 1 aliphatic rings. The highest BCUT2D eigenvalue weighted by Crippen LogP contribution is 2.18. The smallest absolute Gasteiger partial charge is 0.240 e. The maximum atomic E-state index is 11.9. The Kier molecular flexibility index (Phi) is 4.93. The van der Waals surface area contributed by atoms with E-state index in [0.29, 0.717) is 5.25 Å². The molecule has 1 saturated heterocycles. The average Bonchev–Trinajstić information content (AvgIpc) is 2.46. The predicted octanol–water partition coefficient (Wildman–Crippen LogP) is 1.68. The Morgan fingerprint density at radius 2 is 2.27 bits per heavy atom. The molecule has 0 radical (unpaired) electrons. The van der Waals surface area contributed by atoms with Crippen molar-refractivity contribution in [1.29, 1.82) is 0 Å². The molecule has 1 fully saturated rings. The third kappa shape index (κ3) is 3.11. The van der Waals surface area contributed by atoms with Crippen LogP contribution in [0.15, 0.2) is 0 Å². The Balaban J connectivity index is 2.60. The van der Waals surface area contributed by atoms with E-state index in [1.807, 2.05) is 23.6 Å². The lowest BCUT2D eigenvalue weighted by Gasteiger charge is -2.26. The van der Waals surface area contributed by atoms with Gasteiger partial charge in [-0.05, 0) is 19.6 Å². The summed E-state index contributed by atoms with van der Waals surface area (Å²) >= 11 is 1.81. The molecule has 3 unspecified atom stereocenters. The van der Waals surface area contributed by atoms with Crippen LogP contribution in [-0.4, -0.2) is 41.1 Å². The fourth-order valence-electron chi connectivity index (χ4n) is 1.93. The van der Waals surface area contributed by atoms with Gasteiger partial charge < -0.3 is 4.90 Å². The van der Waals surface area contributed by atoms with Crippen LogP contribution in [0, 0.1) is 0 Å². The number of thioether (sulfide) groups is 1. The van der Waals surface area contributed by atoms with Gasteiger partial charge in [-0.1, -0.05) is 20.3 Å². The minimum Gasteiger partial charge on any atom is -0.325 e. The molecular weight excluding hydrogens is 208 g/mol. The van der Waals surface area contributed by atoms with Gasteiger partial charge in [0.05, 0.1) is 12.2 Å². The topological polar surface area (TPSA) is 32.3 Å². The first-order valence-corrected chi connectivity index (χ1v) is 6.98. The van der Waals surface area contributed by atoms with Gasteiger partial charge in [0.15, 0.2) is 0 Å². The van der Waals surface area contributed by atoms with Crippen molar-refractivity contribution < 1.29 is 4.79 Å². The largest absolute Gasteiger partial charge is 0.325 e. The summed E-state index contributed by atoms with van der Waals surface area (Å²) in [6.45, 7) is 7.14. The maximum Gasteiger partial charge on any atom is 0.240 e. The minimum absolute atomic E-state index is 0.00407. The Morgan fingerprint density at radius 3 is 2.80 bits per heavy atom. The zero-order chi connectivity index (χ0) is 11.4. The lowest BCUT2D eigenvalue weighted by molar-refractivity contribution is -0.129. The zero-order valence-corrected chi connectivity index (χ0v) is 10.9. The van der Waals surface area contributed by atoms with Crippen LogP contribution in [0.2, 0.25) is 0 Å². The molecule has 0 aromatic heterocycles. The molecule has 0 aliphatic carbocycles. The highest BCUT2D eigenvalue weighted by atomic mass is 32.2. The molecular formula is C11H22N2OS. The highest BCUT2D eigenvalue weighted by Gasteiger charge is 2.35. The minimum atomic E-state index is -0.00407. The normalized spacial score (nSPS) is 28.5. The first-order valence-electron chi connectivity index (χ1n) is 5.69. The Labute approximate surface area is 97.0 Å². The number of hydrogen-bond donors (Lipinski definition) is 1. The number of carbonyl (C=O) groups excluding carboxylic acids is 1. The van der Waals surface area contributed by atoms with Crippen molar-refractivity contribution in [2.24, 2.45) is 0 Å². The molecule has 0 aromatic carbocycles. The summed E-state index contributed by atoms with van der Waals surface area (Å²) in [4.78, 5) is 13.9. The summed E-state index contributed by atoms with van der Waals surface area (Å²) in [6.07, 6.45) is 4.52. The summed E-state index contributed by atoms with van der Waals surface area (Å²) in [5.74, 6) is 0.259. The van der Waals surface area contributed by atoms with Crippen LogP contribution >= 0.6 is 11.8 Å². The van der Waals surface area contributed by atoms with Crippen molar-refractivity contribution in [3.8, 4) is 0 Å². The first-order chi connectivity index (χ1) is 7.10. The van der Waals surface area contributed by atoms with Crippen LogP contribution in [0.25, 0.3) is 0 Å². The molecule has 1 heterocycles. The van der Waals surface area contributed by atoms with E-state index >= 15 is 0 Å². The molecule has 3 nitrogen and oxygen atoms in total. The third-order valence-corrected chi connectivity index (χ3v) is 3.84. The molecule has 0 saturated carbocycles. The second kappa shape index (κ2) is 5.75. The van der Waals surface area contributed by atoms with E-state index in [1.165, 1.54) is 0 Å². The Hall–Kier alpha value is -0.220. The van der Waals surface area contributed by atoms with E-state index in [9.17, 15) is 4.79 Å². The van der Waals surface area contributed by atoms with Crippen LogP contribution in [0.4, 0.5) is 0 Å². The summed E-state index contributed by atoms with van der Waals surface area (Å²) < 4.78 is 0. The van der Waals surface area contributed by atoms with Gasteiger partial charge in [0, 0.05) is 11.8 Å². The highest BCUT2D eigenvalue weighted by molar-refractivity contribution is 7.99. The molecule has 88 valence electrons. The van der Waals surface area contributed by atoms with Crippen LogP contribution in [0.3, 0.4) is 0 Å². The zero-order valence-electron chi connectivity index (χ0n) is 10.1. The lowest BCUT2D eigenvalue weighted by atomic mass is 10.2. The van der Waals surface area contributed by atoms with Crippen LogP contribution in [0.1, 0.15) is 33.6 Å². The van der Waals surface area contributed by atoms with E-state index in [1.54, 1.807) is 0 Å². The molecule has 15 heavy (non-hydrogen) atoms. The lowest BCUT2D eigenvalue weighted by Crippen LogP contribution is -2.40. The average molecular weight is 230 g/mol. The van der Waals surface area contributed by atoms with Gasteiger partial charge in [0.25, 0.3) is 0 Å². The van der Waals surface area contributed by atoms with Crippen LogP contribution < -0.4 is 5.32 Å². The molecule has 1 amide bonds. The van der Waals surface area contributed by atoms with Crippen molar-refractivity contribution in [3.63, 3.8) is 0 Å². The van der Waals surface area contributed by atoms with E-state index in [-0.39, 0.29) is 18.1 Å². The van der Waals surface area contributed by atoms with E-state index < -0.39 is 0 Å². The van der Waals surface area contributed by atoms with Gasteiger partial charge in [-0.15, -0.1) is 0 Å². The first kappa shape index (κ1) is 12.8. The fourth-order valence-corrected chi connectivity index (χ4v) is 2.24. The van der Waals surface area contributed by atoms with Crippen molar-refractivity contribution in [2.45, 2.75) is 51.1 Å². The third-order valence-electron chi connectivity index (χ3n) is 2.89. The van der Waals surface area contributed by atoms with Crippen molar-refractivity contribution in [3.05, 3.63) is 0 Å². The van der Waals surface area contributed by atoms with Gasteiger partial charge in [0.1, 0.15) is 0 Å². The van der Waals surface area contributed by atoms with Gasteiger partial charge in [-0.3, -0.25) is 10.1 Å². The predicted molar refractivity (Wildman–Crippen MR) is 66.0 cm³/mol. The molecule has 3 atom stereocenters. The number of carbonyl (C=O) groups is 1. The number of rotatable bonds is 5. The monoisotopic (exact) mass is 230 g/mol. The SMILES string of the molecule is CCCC1NC(C)C(=O)N1CC(C)SC. The maximum absolute atomic E-state index is 11.9. The summed E-state index contributed by atoms with van der Waals surface area (Å²) in [5, 5.41) is 3.87. The van der Waals surface area contributed by atoms with Crippen molar-refractivity contribution in [2.75, 3.05) is 12.8 Å². The molecule has 1 aliphatic heterocycles. The molecule has 0 aromatic rings. The molecule has 0 spiro atoms. The van der Waals surface area contributed by atoms with Crippen LogP contribution in [0.5, 0.6) is 0 Å². The number of nitrogens with one attached hydrogen (secondary N) is 1. The molecule has 4 heteroatoms. The van der Waals surface area contributed by atoms with E-state index in [2.05, 4.69) is 25.4 Å². The van der Waals surface area contributed by atoms with E-state index in [0.717, 1.165) is 19.4 Å². The van der Waals surface area contributed by atoms with Gasteiger partial charge >= 0.3 is 0 Å². The summed E-state index contributed by atoms with van der Waals surface area (Å²) in [7, 11) is 0. The Morgan fingerprint density at radius 1 is 1.60 bits per heavy atom. The second-order valence-corrected chi connectivity index (χ2v) is 5.51. The Bertz CT molecular complexity index is 223. The number of amides is 1. The summed E-state index contributed by atoms with van der Waals surface area (Å²) in [5.41, 5.74) is 0. The second-order valence-electron chi connectivity index (χ2n) is 4.23. The van der Waals surface area contributed by atoms with Crippen molar-refractivity contribution in [1.82, 2.24) is 10.2 Å². The standard InChI is InChI=1S/C11H22N2OS/c1-5-6-10-12-9(3)11(14)13(10)7-8(2)15-4/h8-10,12H,5-7H2,1-4H3. The number of hydrogen-bond acceptors (Lipinski definition) is 3. The van der Waals surface area contributed by atoms with Gasteiger partial charge in [-0.2, -0.15) is 11.8 Å². The molecule has 1 rings (SSSR count). The summed E-state index contributed by atoms with van der Waals surface area (Å²) in [6, 6.07) is -0.00407. The molecule has 0 bridgehead atoms. The van der Waals surface area contributed by atoms with E-state index in [4.69, 9.17) is 0 Å². The van der Waals surface area contributed by atoms with Crippen molar-refractivity contribution >= 4 is 17.7 Å². The quantitative estimate of drug-likeness (QED) is 0.780. The molecule has 1 N–H and O–H groups in total. The fraction of sp³-hybridized carbons (Fsp3) is 0.909.